The molecule has 1 aromatic heterocycles. The number of fused-ring (bicyclic) bond motifs is 1. The summed E-state index contributed by atoms with van der Waals surface area (Å²) in [5.41, 5.74) is -2.23. The van der Waals surface area contributed by atoms with Crippen LogP contribution in [0.2, 0.25) is 0 Å². The summed E-state index contributed by atoms with van der Waals surface area (Å²) in [6, 6.07) is 4.48. The molecule has 0 spiro atoms. The molecule has 31 heavy (non-hydrogen) atoms. The lowest BCUT2D eigenvalue weighted by molar-refractivity contribution is -0.137. The maximum absolute atomic E-state index is 13.2. The van der Waals surface area contributed by atoms with Gasteiger partial charge in [-0.25, -0.2) is 0 Å². The Morgan fingerprint density at radius 3 is 2.61 bits per heavy atom. The van der Waals surface area contributed by atoms with Crippen LogP contribution in [0.1, 0.15) is 23.5 Å². The van der Waals surface area contributed by atoms with E-state index in [2.05, 4.69) is 20.6 Å². The number of anilines is 3. The van der Waals surface area contributed by atoms with Crippen molar-refractivity contribution in [3.8, 4) is 0 Å². The van der Waals surface area contributed by atoms with Crippen molar-refractivity contribution in [2.45, 2.75) is 18.5 Å². The minimum Gasteiger partial charge on any atom is -0.378 e. The topological polar surface area (TPSA) is 116 Å². The maximum atomic E-state index is 13.2. The van der Waals surface area contributed by atoms with Gasteiger partial charge in [0, 0.05) is 19.5 Å². The summed E-state index contributed by atoms with van der Waals surface area (Å²) in [5, 5.41) is 4.68. The smallest absolute Gasteiger partial charge is 0.378 e. The molecule has 4 rings (SSSR count). The van der Waals surface area contributed by atoms with Crippen molar-refractivity contribution >= 4 is 29.3 Å². The van der Waals surface area contributed by atoms with Gasteiger partial charge in [0.05, 0.1) is 35.9 Å². The Morgan fingerprint density at radius 1 is 1.19 bits per heavy atom. The van der Waals surface area contributed by atoms with Gasteiger partial charge in [0.2, 0.25) is 17.8 Å². The monoisotopic (exact) mass is 437 g/mol. The van der Waals surface area contributed by atoms with Crippen LogP contribution in [0.5, 0.6) is 0 Å². The Morgan fingerprint density at radius 2 is 1.90 bits per heavy atom. The number of amides is 2. The highest BCUT2D eigenvalue weighted by molar-refractivity contribution is 6.04. The second kappa shape index (κ2) is 8.02. The SMILES string of the molecule is O=C1C[C@@H](C(=O)Nc2ccccc2C(F)(F)F)c2c(nc(N3CCOCC3)[nH]c2=O)N1. The number of carbonyl (C=O) groups excluding carboxylic acids is 2. The molecule has 2 amide bonds. The quantitative estimate of drug-likeness (QED) is 0.673. The number of rotatable bonds is 3. The van der Waals surface area contributed by atoms with Crippen LogP contribution in [0.4, 0.5) is 30.6 Å². The van der Waals surface area contributed by atoms with Gasteiger partial charge in [0.25, 0.3) is 5.56 Å². The number of nitrogens with zero attached hydrogens (tertiary/aromatic N) is 2. The number of alkyl halides is 3. The van der Waals surface area contributed by atoms with Crippen LogP contribution in [0, 0.1) is 0 Å². The number of para-hydroxylation sites is 1. The summed E-state index contributed by atoms with van der Waals surface area (Å²) in [7, 11) is 0. The van der Waals surface area contributed by atoms with E-state index < -0.39 is 47.1 Å². The van der Waals surface area contributed by atoms with Crippen LogP contribution in [0.3, 0.4) is 0 Å². The molecule has 1 atom stereocenters. The molecule has 9 nitrogen and oxygen atoms in total. The molecule has 2 aromatic rings. The summed E-state index contributed by atoms with van der Waals surface area (Å²) in [6.45, 7) is 1.84. The number of morpholine rings is 1. The Balaban J connectivity index is 1.66. The maximum Gasteiger partial charge on any atom is 0.418 e. The number of carbonyl (C=O) groups is 2. The number of halogens is 3. The van der Waals surface area contributed by atoms with Crippen molar-refractivity contribution in [1.82, 2.24) is 9.97 Å². The molecule has 0 unspecified atom stereocenters. The number of benzene rings is 1. The number of ether oxygens (including phenoxy) is 1. The molecule has 1 aromatic carbocycles. The fraction of sp³-hybridized carbons (Fsp3) is 0.368. The minimum atomic E-state index is -4.68. The Labute approximate surface area is 173 Å². The van der Waals surface area contributed by atoms with Crippen molar-refractivity contribution in [3.05, 3.63) is 45.7 Å². The second-order valence-corrected chi connectivity index (χ2v) is 7.09. The van der Waals surface area contributed by atoms with Gasteiger partial charge in [-0.1, -0.05) is 12.1 Å². The first-order chi connectivity index (χ1) is 14.7. The molecule has 164 valence electrons. The lowest BCUT2D eigenvalue weighted by Crippen LogP contribution is -2.41. The fourth-order valence-electron chi connectivity index (χ4n) is 3.57. The fourth-order valence-corrected chi connectivity index (χ4v) is 3.57. The highest BCUT2D eigenvalue weighted by Gasteiger charge is 2.37. The normalized spacial score (nSPS) is 18.9. The first kappa shape index (κ1) is 20.8. The number of H-pyrrole nitrogens is 1. The van der Waals surface area contributed by atoms with Crippen molar-refractivity contribution in [1.29, 1.82) is 0 Å². The second-order valence-electron chi connectivity index (χ2n) is 7.09. The zero-order chi connectivity index (χ0) is 22.2. The molecule has 0 bridgehead atoms. The number of hydrogen-bond donors (Lipinski definition) is 3. The van der Waals surface area contributed by atoms with E-state index in [-0.39, 0.29) is 17.3 Å². The van der Waals surface area contributed by atoms with Crippen LogP contribution in [0.15, 0.2) is 29.1 Å². The van der Waals surface area contributed by atoms with E-state index in [1.54, 1.807) is 4.90 Å². The van der Waals surface area contributed by atoms with Crippen LogP contribution in [0.25, 0.3) is 0 Å². The van der Waals surface area contributed by atoms with E-state index in [4.69, 9.17) is 4.74 Å². The molecule has 3 heterocycles. The summed E-state index contributed by atoms with van der Waals surface area (Å²) in [4.78, 5) is 46.4. The first-order valence-corrected chi connectivity index (χ1v) is 9.48. The van der Waals surface area contributed by atoms with Gasteiger partial charge in [-0.05, 0) is 12.1 Å². The molecule has 0 saturated carbocycles. The Bertz CT molecular complexity index is 1080. The van der Waals surface area contributed by atoms with Crippen LogP contribution in [-0.4, -0.2) is 48.1 Å². The number of aromatic nitrogens is 2. The lowest BCUT2D eigenvalue weighted by atomic mass is 9.92. The molecule has 2 aliphatic heterocycles. The highest BCUT2D eigenvalue weighted by Crippen LogP contribution is 2.36. The van der Waals surface area contributed by atoms with Gasteiger partial charge < -0.3 is 20.3 Å². The van der Waals surface area contributed by atoms with Crippen molar-refractivity contribution in [3.63, 3.8) is 0 Å². The van der Waals surface area contributed by atoms with Gasteiger partial charge >= 0.3 is 6.18 Å². The number of hydrogen-bond acceptors (Lipinski definition) is 6. The van der Waals surface area contributed by atoms with Gasteiger partial charge in [0.15, 0.2) is 0 Å². The summed E-state index contributed by atoms with van der Waals surface area (Å²) in [5.74, 6) is -2.62. The molecule has 2 aliphatic rings. The van der Waals surface area contributed by atoms with E-state index in [0.717, 1.165) is 12.1 Å². The van der Waals surface area contributed by atoms with Crippen molar-refractivity contribution in [2.24, 2.45) is 0 Å². The lowest BCUT2D eigenvalue weighted by Gasteiger charge is -2.29. The molecule has 3 N–H and O–H groups in total. The molecule has 0 aliphatic carbocycles. The predicted molar refractivity (Wildman–Crippen MR) is 104 cm³/mol. The van der Waals surface area contributed by atoms with Crippen molar-refractivity contribution < 1.29 is 27.5 Å². The van der Waals surface area contributed by atoms with Gasteiger partial charge in [-0.2, -0.15) is 18.2 Å². The Kier molecular flexibility index (Phi) is 5.39. The third kappa shape index (κ3) is 4.24. The van der Waals surface area contributed by atoms with Gasteiger partial charge in [-0.15, -0.1) is 0 Å². The van der Waals surface area contributed by atoms with Crippen LogP contribution in [-0.2, 0) is 20.5 Å². The molecular weight excluding hydrogens is 419 g/mol. The van der Waals surface area contributed by atoms with E-state index in [0.29, 0.717) is 26.3 Å². The average molecular weight is 437 g/mol. The third-order valence-corrected chi connectivity index (χ3v) is 5.06. The zero-order valence-corrected chi connectivity index (χ0v) is 16.1. The van der Waals surface area contributed by atoms with Crippen LogP contribution < -0.4 is 21.1 Å². The minimum absolute atomic E-state index is 0.0780. The molecule has 1 fully saturated rings. The standard InChI is InChI=1S/C19H18F3N5O4/c20-19(21,22)11-3-1-2-4-12(11)23-16(29)10-9-13(28)24-15-14(10)17(30)26-18(25-15)27-5-7-31-8-6-27/h1-4,10H,5-9H2,(H,23,29)(H2,24,25,26,28,30)/t10-/m1/s1. The number of aromatic amines is 1. The molecular formula is C19H18F3N5O4. The number of nitrogens with one attached hydrogen (secondary N) is 3. The predicted octanol–water partition coefficient (Wildman–Crippen LogP) is 1.69. The van der Waals surface area contributed by atoms with E-state index in [1.165, 1.54) is 12.1 Å². The molecule has 1 saturated heterocycles. The van der Waals surface area contributed by atoms with Crippen LogP contribution >= 0.6 is 0 Å². The van der Waals surface area contributed by atoms with Gasteiger partial charge in [0.1, 0.15) is 5.82 Å². The summed E-state index contributed by atoms with van der Waals surface area (Å²) in [6.07, 6.45) is -5.08. The largest absolute Gasteiger partial charge is 0.418 e. The Hall–Kier alpha value is -3.41. The van der Waals surface area contributed by atoms with Gasteiger partial charge in [-0.3, -0.25) is 19.4 Å². The molecule has 12 heteroatoms. The van der Waals surface area contributed by atoms with E-state index >= 15 is 0 Å². The summed E-state index contributed by atoms with van der Waals surface area (Å²) < 4.78 is 45.0. The average Bonchev–Trinajstić information content (AvgIpc) is 2.73. The van der Waals surface area contributed by atoms with E-state index in [1.807, 2.05) is 0 Å². The highest BCUT2D eigenvalue weighted by atomic mass is 19.4. The van der Waals surface area contributed by atoms with E-state index in [9.17, 15) is 27.6 Å². The molecule has 0 radical (unpaired) electrons. The zero-order valence-electron chi connectivity index (χ0n) is 16.1. The summed E-state index contributed by atoms with van der Waals surface area (Å²) >= 11 is 0. The first-order valence-electron chi connectivity index (χ1n) is 9.48. The van der Waals surface area contributed by atoms with Crippen molar-refractivity contribution in [2.75, 3.05) is 41.8 Å². The third-order valence-electron chi connectivity index (χ3n) is 5.06.